The van der Waals surface area contributed by atoms with Crippen molar-refractivity contribution in [3.8, 4) is 0 Å². The molecule has 0 aliphatic rings. The predicted octanol–water partition coefficient (Wildman–Crippen LogP) is 1.65. The highest BCUT2D eigenvalue weighted by Crippen LogP contribution is 2.20. The number of hydrogen-bond acceptors (Lipinski definition) is 5. The fourth-order valence-corrected chi connectivity index (χ4v) is 1.14. The molecule has 0 amide bonds. The number of ether oxygens (including phenoxy) is 1. The van der Waals surface area contributed by atoms with Crippen LogP contribution >= 0.6 is 0 Å². The van der Waals surface area contributed by atoms with Crippen LogP contribution in [0.3, 0.4) is 0 Å². The summed E-state index contributed by atoms with van der Waals surface area (Å²) in [7, 11) is 2.67. The third kappa shape index (κ3) is 4.19. The van der Waals surface area contributed by atoms with Gasteiger partial charge in [-0.25, -0.2) is 14.8 Å². The molecular formula is C10H12F3N3O2. The first kappa shape index (κ1) is 14.2. The van der Waals surface area contributed by atoms with Gasteiger partial charge in [0.05, 0.1) is 25.9 Å². The van der Waals surface area contributed by atoms with Gasteiger partial charge in [0.15, 0.2) is 5.69 Å². The van der Waals surface area contributed by atoms with Gasteiger partial charge in [-0.3, -0.25) is 0 Å². The molecule has 0 N–H and O–H groups in total. The zero-order valence-corrected chi connectivity index (χ0v) is 9.86. The minimum atomic E-state index is -4.21. The maximum absolute atomic E-state index is 12.0. The van der Waals surface area contributed by atoms with Gasteiger partial charge in [-0.15, -0.1) is 0 Å². The van der Waals surface area contributed by atoms with E-state index in [9.17, 15) is 18.0 Å². The van der Waals surface area contributed by atoms with Crippen LogP contribution in [0.15, 0.2) is 12.4 Å². The summed E-state index contributed by atoms with van der Waals surface area (Å²) in [5.74, 6) is -0.390. The lowest BCUT2D eigenvalue weighted by atomic mass is 10.4. The molecule has 18 heavy (non-hydrogen) atoms. The minimum Gasteiger partial charge on any atom is -0.464 e. The third-order valence-corrected chi connectivity index (χ3v) is 2.15. The van der Waals surface area contributed by atoms with E-state index in [-0.39, 0.29) is 18.1 Å². The fraction of sp³-hybridized carbons (Fsp3) is 0.500. The first-order chi connectivity index (χ1) is 8.33. The largest absolute Gasteiger partial charge is 0.464 e. The lowest BCUT2D eigenvalue weighted by Gasteiger charge is -2.18. The Hall–Kier alpha value is -1.86. The van der Waals surface area contributed by atoms with E-state index in [1.54, 1.807) is 0 Å². The van der Waals surface area contributed by atoms with Crippen molar-refractivity contribution >= 4 is 11.8 Å². The standard InChI is InChI=1S/C10H12F3N3O2/c1-16(4-3-10(11,12)13)8-6-14-7(5-15-8)9(17)18-2/h5-6H,3-4H2,1-2H3. The molecule has 0 radical (unpaired) electrons. The van der Waals surface area contributed by atoms with Crippen LogP contribution in [0.5, 0.6) is 0 Å². The number of rotatable bonds is 4. The molecule has 1 rings (SSSR count). The number of carbonyl (C=O) groups excluding carboxylic acids is 1. The van der Waals surface area contributed by atoms with Gasteiger partial charge < -0.3 is 9.64 Å². The molecule has 0 unspecified atom stereocenters. The minimum absolute atomic E-state index is 0.00507. The van der Waals surface area contributed by atoms with Gasteiger partial charge in [0.1, 0.15) is 5.82 Å². The number of hydrogen-bond donors (Lipinski definition) is 0. The highest BCUT2D eigenvalue weighted by molar-refractivity contribution is 5.86. The molecular weight excluding hydrogens is 251 g/mol. The predicted molar refractivity (Wildman–Crippen MR) is 57.3 cm³/mol. The number of halogens is 3. The summed E-state index contributed by atoms with van der Waals surface area (Å²) in [5, 5.41) is 0. The maximum atomic E-state index is 12.0. The summed E-state index contributed by atoms with van der Waals surface area (Å²) in [4.78, 5) is 20.0. The van der Waals surface area contributed by atoms with E-state index >= 15 is 0 Å². The Morgan fingerprint density at radius 2 is 2.06 bits per heavy atom. The number of methoxy groups -OCH3 is 1. The van der Waals surface area contributed by atoms with E-state index in [0.717, 1.165) is 6.20 Å². The van der Waals surface area contributed by atoms with Crippen LogP contribution in [0.1, 0.15) is 16.9 Å². The molecule has 1 heterocycles. The molecule has 0 fully saturated rings. The monoisotopic (exact) mass is 263 g/mol. The van der Waals surface area contributed by atoms with Gasteiger partial charge >= 0.3 is 12.1 Å². The van der Waals surface area contributed by atoms with E-state index in [2.05, 4.69) is 14.7 Å². The zero-order valence-electron chi connectivity index (χ0n) is 9.86. The molecule has 0 saturated carbocycles. The third-order valence-electron chi connectivity index (χ3n) is 2.15. The average molecular weight is 263 g/mol. The maximum Gasteiger partial charge on any atom is 0.390 e. The van der Waals surface area contributed by atoms with Crippen LogP contribution in [0.4, 0.5) is 19.0 Å². The average Bonchev–Trinajstić information content (AvgIpc) is 2.34. The van der Waals surface area contributed by atoms with Crippen molar-refractivity contribution in [2.75, 3.05) is 25.6 Å². The number of esters is 1. The van der Waals surface area contributed by atoms with Crippen molar-refractivity contribution in [2.45, 2.75) is 12.6 Å². The molecule has 0 saturated heterocycles. The second-order valence-corrected chi connectivity index (χ2v) is 3.54. The van der Waals surface area contributed by atoms with Crippen LogP contribution in [0, 0.1) is 0 Å². The van der Waals surface area contributed by atoms with E-state index in [4.69, 9.17) is 0 Å². The van der Waals surface area contributed by atoms with Crippen molar-refractivity contribution in [1.29, 1.82) is 0 Å². The SMILES string of the molecule is COC(=O)c1cnc(N(C)CCC(F)(F)F)cn1. The summed E-state index contributed by atoms with van der Waals surface area (Å²) in [6, 6.07) is 0. The Morgan fingerprint density at radius 3 is 2.50 bits per heavy atom. The summed E-state index contributed by atoms with van der Waals surface area (Å²) in [6.07, 6.45) is -2.77. The molecule has 0 bridgehead atoms. The molecule has 8 heteroatoms. The van der Waals surface area contributed by atoms with Crippen LogP contribution in [0.25, 0.3) is 0 Å². The second-order valence-electron chi connectivity index (χ2n) is 3.54. The van der Waals surface area contributed by atoms with Crippen LogP contribution < -0.4 is 4.90 Å². The van der Waals surface area contributed by atoms with E-state index in [1.165, 1.54) is 25.3 Å². The molecule has 1 aromatic heterocycles. The molecule has 0 spiro atoms. The summed E-state index contributed by atoms with van der Waals surface area (Å²) in [5.41, 5.74) is 0.00507. The van der Waals surface area contributed by atoms with E-state index < -0.39 is 18.6 Å². The van der Waals surface area contributed by atoms with Gasteiger partial charge in [0.2, 0.25) is 0 Å². The van der Waals surface area contributed by atoms with E-state index in [1.807, 2.05) is 0 Å². The number of aromatic nitrogens is 2. The molecule has 0 aromatic carbocycles. The van der Waals surface area contributed by atoms with Gasteiger partial charge in [0.25, 0.3) is 0 Å². The lowest BCUT2D eigenvalue weighted by Crippen LogP contribution is -2.25. The van der Waals surface area contributed by atoms with Crippen molar-refractivity contribution in [3.63, 3.8) is 0 Å². The van der Waals surface area contributed by atoms with E-state index in [0.29, 0.717) is 0 Å². The molecule has 0 atom stereocenters. The number of carbonyl (C=O) groups is 1. The Balaban J connectivity index is 2.64. The van der Waals surface area contributed by atoms with Crippen LogP contribution in [-0.4, -0.2) is 42.8 Å². The number of nitrogens with zero attached hydrogens (tertiary/aromatic N) is 3. The van der Waals surface area contributed by atoms with Gasteiger partial charge in [-0.1, -0.05) is 0 Å². The van der Waals surface area contributed by atoms with Gasteiger partial charge in [-0.2, -0.15) is 13.2 Å². The van der Waals surface area contributed by atoms with Gasteiger partial charge in [-0.05, 0) is 0 Å². The molecule has 5 nitrogen and oxygen atoms in total. The van der Waals surface area contributed by atoms with Crippen LogP contribution in [0.2, 0.25) is 0 Å². The van der Waals surface area contributed by atoms with Gasteiger partial charge in [0, 0.05) is 13.6 Å². The Kier molecular flexibility index (Phi) is 4.46. The first-order valence-electron chi connectivity index (χ1n) is 5.02. The summed E-state index contributed by atoms with van der Waals surface area (Å²) >= 11 is 0. The molecule has 0 aliphatic heterocycles. The van der Waals surface area contributed by atoms with Crippen LogP contribution in [-0.2, 0) is 4.74 Å². The first-order valence-corrected chi connectivity index (χ1v) is 5.02. The molecule has 0 aliphatic carbocycles. The Bertz CT molecular complexity index is 406. The summed E-state index contributed by atoms with van der Waals surface area (Å²) < 4.78 is 40.5. The highest BCUT2D eigenvalue weighted by atomic mass is 19.4. The number of alkyl halides is 3. The fourth-order valence-electron chi connectivity index (χ4n) is 1.14. The topological polar surface area (TPSA) is 55.3 Å². The lowest BCUT2D eigenvalue weighted by molar-refractivity contribution is -0.132. The second kappa shape index (κ2) is 5.65. The molecule has 100 valence electrons. The quantitative estimate of drug-likeness (QED) is 0.773. The normalized spacial score (nSPS) is 11.2. The Labute approximate surface area is 102 Å². The van der Waals surface area contributed by atoms with Crippen molar-refractivity contribution in [3.05, 3.63) is 18.1 Å². The summed E-state index contributed by atoms with van der Waals surface area (Å²) in [6.45, 7) is -0.226. The zero-order chi connectivity index (χ0) is 13.8. The van der Waals surface area contributed by atoms with Crippen molar-refractivity contribution < 1.29 is 22.7 Å². The van der Waals surface area contributed by atoms with Crippen molar-refractivity contribution in [1.82, 2.24) is 9.97 Å². The Morgan fingerprint density at radius 1 is 1.39 bits per heavy atom. The number of anilines is 1. The smallest absolute Gasteiger partial charge is 0.390 e. The molecule has 1 aromatic rings. The van der Waals surface area contributed by atoms with Crippen molar-refractivity contribution in [2.24, 2.45) is 0 Å². The highest BCUT2D eigenvalue weighted by Gasteiger charge is 2.27.